The molecule has 0 saturated carbocycles. The van der Waals surface area contributed by atoms with E-state index in [1.165, 1.54) is 0 Å². The molecule has 68 valence electrons. The van der Waals surface area contributed by atoms with Gasteiger partial charge in [-0.2, -0.15) is 0 Å². The van der Waals surface area contributed by atoms with Crippen molar-refractivity contribution in [1.82, 2.24) is 0 Å². The smallest absolute Gasteiger partial charge is 0.291 e. The number of rotatable bonds is 0. The van der Waals surface area contributed by atoms with E-state index < -0.39 is 5.09 Å². The van der Waals surface area contributed by atoms with Crippen LogP contribution in [0, 0.1) is 10.1 Å². The van der Waals surface area contributed by atoms with E-state index in [9.17, 15) is 0 Å². The largest absolute Gasteiger partial charge is 0.328 e. The van der Waals surface area contributed by atoms with Gasteiger partial charge in [0.15, 0.2) is 0 Å². The second kappa shape index (κ2) is 106. The third-order valence-electron chi connectivity index (χ3n) is 0. The van der Waals surface area contributed by atoms with E-state index in [4.69, 9.17) is 15.3 Å². The molecule has 10 nitrogen and oxygen atoms in total. The van der Waals surface area contributed by atoms with Gasteiger partial charge in [-0.25, -0.2) is 0 Å². The number of hydrogen-bond acceptors (Lipinski definition) is 8. The van der Waals surface area contributed by atoms with Gasteiger partial charge in [-0.05, 0) is 0 Å². The normalized spacial score (nSPS) is 3.82. The van der Waals surface area contributed by atoms with Crippen LogP contribution in [0.4, 0.5) is 0 Å². The van der Waals surface area contributed by atoms with Gasteiger partial charge in [-0.3, -0.25) is 35.1 Å². The molecule has 0 amide bonds. The van der Waals surface area contributed by atoms with Gasteiger partial charge in [0.1, 0.15) is 0 Å². The molecule has 11 heavy (non-hydrogen) atoms. The first-order valence-electron chi connectivity index (χ1n) is 1.57. The van der Waals surface area contributed by atoms with E-state index in [-0.39, 0.29) is 19.5 Å². The van der Waals surface area contributed by atoms with Gasteiger partial charge in [0.2, 0.25) is 0 Å². The first-order valence-corrected chi connectivity index (χ1v) is 1.57. The predicted octanol–water partition coefficient (Wildman–Crippen LogP) is -3.89. The molecule has 0 radical (unpaired) electrons. The summed E-state index contributed by atoms with van der Waals surface area (Å²) in [6.07, 6.45) is 0. The molecule has 0 aromatic heterocycles. The van der Waals surface area contributed by atoms with Crippen LogP contribution in [0.5, 0.6) is 0 Å². The van der Waals surface area contributed by atoms with E-state index in [0.717, 1.165) is 0 Å². The monoisotopic (exact) mass is 223 g/mol. The van der Waals surface area contributed by atoms with Crippen molar-refractivity contribution in [1.29, 1.82) is 0 Å². The zero-order valence-corrected chi connectivity index (χ0v) is 8.85. The summed E-state index contributed by atoms with van der Waals surface area (Å²) in [5.74, 6) is 24.0. The van der Waals surface area contributed by atoms with E-state index >= 15 is 0 Å². The van der Waals surface area contributed by atoms with Gasteiger partial charge in [0, 0.05) is 19.5 Å². The topological polar surface area (TPSA) is 219 Å². The fourth-order valence-electron chi connectivity index (χ4n) is 0. The summed E-state index contributed by atoms with van der Waals surface area (Å²) in [7, 11) is 0. The Kier molecular flexibility index (Phi) is 300. The molecule has 11 heteroatoms. The second-order valence-electron chi connectivity index (χ2n) is 0.238. The second-order valence-corrected chi connectivity index (χ2v) is 0.238. The molecule has 0 fully saturated rings. The van der Waals surface area contributed by atoms with Crippen LogP contribution in [0.2, 0.25) is 0 Å². The summed E-state index contributed by atoms with van der Waals surface area (Å²) in [5.41, 5.74) is 0. The first kappa shape index (κ1) is 31.2. The van der Waals surface area contributed by atoms with Crippen molar-refractivity contribution in [3.8, 4) is 0 Å². The zero-order chi connectivity index (χ0) is 9.58. The van der Waals surface area contributed by atoms with Crippen molar-refractivity contribution in [2.24, 2.45) is 35.1 Å². The standard InChI is InChI=1S/3H4N2.HNO3.Zn/c3*1-2;2-1(3)4;/h3*1-2H2;(H,2,3,4);. The predicted molar refractivity (Wildman–Crippen MR) is 33.9 cm³/mol. The molecule has 13 N–H and O–H groups in total. The van der Waals surface area contributed by atoms with E-state index in [1.54, 1.807) is 0 Å². The zero-order valence-electron chi connectivity index (χ0n) is 5.88. The van der Waals surface area contributed by atoms with Crippen LogP contribution in [0.15, 0.2) is 0 Å². The van der Waals surface area contributed by atoms with Crippen LogP contribution in [-0.4, -0.2) is 10.3 Å². The molecule has 0 aliphatic carbocycles. The Morgan fingerprint density at radius 2 is 1.00 bits per heavy atom. The van der Waals surface area contributed by atoms with Crippen molar-refractivity contribution in [2.75, 3.05) is 0 Å². The number of nitrogens with two attached hydrogens (primary N) is 6. The van der Waals surface area contributed by atoms with Crippen molar-refractivity contribution < 1.29 is 29.8 Å². The molecular formula is H13N7O3Zn. The summed E-state index contributed by atoms with van der Waals surface area (Å²) < 4.78 is 0. The van der Waals surface area contributed by atoms with Crippen molar-refractivity contribution in [2.45, 2.75) is 0 Å². The number of nitrogens with zero attached hydrogens (tertiary/aromatic N) is 1. The minimum Gasteiger partial charge on any atom is -0.328 e. The van der Waals surface area contributed by atoms with Gasteiger partial charge in [0.05, 0.1) is 0 Å². The Hall–Kier alpha value is -0.417. The van der Waals surface area contributed by atoms with Crippen LogP contribution < -0.4 is 35.1 Å². The SMILES string of the molecule is NN.NN.NN.O=[N+]([O-])O.[Zn]. The molecule has 0 saturated heterocycles. The average molecular weight is 225 g/mol. The van der Waals surface area contributed by atoms with Crippen LogP contribution in [0.25, 0.3) is 0 Å². The van der Waals surface area contributed by atoms with Gasteiger partial charge in [-0.1, -0.05) is 0 Å². The van der Waals surface area contributed by atoms with Crippen LogP contribution in [0.1, 0.15) is 0 Å². The molecule has 0 rings (SSSR count). The quantitative estimate of drug-likeness (QED) is 0.0923. The summed E-state index contributed by atoms with van der Waals surface area (Å²) >= 11 is 0. The van der Waals surface area contributed by atoms with Crippen molar-refractivity contribution in [3.05, 3.63) is 10.1 Å². The molecule has 0 aromatic rings. The fraction of sp³-hybridized carbons (Fsp3) is 0. The Balaban J connectivity index is -0.0000000152. The third-order valence-corrected chi connectivity index (χ3v) is 0. The number of hydrogen-bond donors (Lipinski definition) is 7. The molecular weight excluding hydrogens is 211 g/mol. The fourth-order valence-corrected chi connectivity index (χ4v) is 0. The number of hydrazine groups is 3. The Labute approximate surface area is 75.6 Å². The minimum absolute atomic E-state index is 0. The minimum atomic E-state index is -1.50. The maximum atomic E-state index is 8.36. The third kappa shape index (κ3) is 3180. The van der Waals surface area contributed by atoms with E-state index in [2.05, 4.69) is 35.1 Å². The molecule has 0 unspecified atom stereocenters. The summed E-state index contributed by atoms with van der Waals surface area (Å²) in [4.78, 5) is 8.36. The van der Waals surface area contributed by atoms with Crippen molar-refractivity contribution >= 4 is 0 Å². The maximum absolute atomic E-state index is 8.36. The van der Waals surface area contributed by atoms with Crippen LogP contribution in [-0.2, 0) is 19.5 Å². The first-order chi connectivity index (χ1) is 4.73. The molecule has 0 heterocycles. The van der Waals surface area contributed by atoms with Gasteiger partial charge < -0.3 is 5.21 Å². The summed E-state index contributed by atoms with van der Waals surface area (Å²) in [5, 5.41) is 13.6. The maximum Gasteiger partial charge on any atom is 0.291 e. The molecule has 0 atom stereocenters. The molecule has 0 spiro atoms. The van der Waals surface area contributed by atoms with E-state index in [1.807, 2.05) is 0 Å². The van der Waals surface area contributed by atoms with Crippen LogP contribution in [0.3, 0.4) is 0 Å². The van der Waals surface area contributed by atoms with Gasteiger partial charge in [-0.15, -0.1) is 10.1 Å². The molecule has 0 aliphatic heterocycles. The molecule has 0 aromatic carbocycles. The van der Waals surface area contributed by atoms with E-state index in [0.29, 0.717) is 0 Å². The Morgan fingerprint density at radius 3 is 1.00 bits per heavy atom. The Morgan fingerprint density at radius 1 is 1.00 bits per heavy atom. The molecule has 0 aliphatic rings. The van der Waals surface area contributed by atoms with Crippen molar-refractivity contribution in [3.63, 3.8) is 0 Å². The van der Waals surface area contributed by atoms with Gasteiger partial charge in [0.25, 0.3) is 5.09 Å². The summed E-state index contributed by atoms with van der Waals surface area (Å²) in [6, 6.07) is 0. The molecule has 0 bridgehead atoms. The average Bonchev–Trinajstić information content (AvgIpc) is 1.98. The van der Waals surface area contributed by atoms with Crippen LogP contribution >= 0.6 is 0 Å². The summed E-state index contributed by atoms with van der Waals surface area (Å²) in [6.45, 7) is 0. The Bertz CT molecular complexity index is 36.7. The van der Waals surface area contributed by atoms with Gasteiger partial charge >= 0.3 is 0 Å².